The first-order chi connectivity index (χ1) is 13.8. The van der Waals surface area contributed by atoms with Crippen molar-refractivity contribution >= 4 is 13.1 Å². The molecular formula is C21H34BFN2O4. The molecule has 1 fully saturated rings. The molecule has 162 valence electrons. The summed E-state index contributed by atoms with van der Waals surface area (Å²) in [5, 5.41) is 27.3. The molecule has 1 aliphatic rings. The van der Waals surface area contributed by atoms with Gasteiger partial charge in [-0.15, -0.1) is 0 Å². The molecule has 5 N–H and O–H groups in total. The first-order valence-corrected chi connectivity index (χ1v) is 10.6. The Labute approximate surface area is 173 Å². The van der Waals surface area contributed by atoms with Gasteiger partial charge in [0.2, 0.25) is 0 Å². The van der Waals surface area contributed by atoms with Gasteiger partial charge in [0.05, 0.1) is 0 Å². The minimum Gasteiger partial charge on any atom is -0.480 e. The highest BCUT2D eigenvalue weighted by molar-refractivity contribution is 6.40. The number of rotatable bonds is 12. The zero-order chi connectivity index (χ0) is 21.3. The van der Waals surface area contributed by atoms with Crippen LogP contribution >= 0.6 is 0 Å². The van der Waals surface area contributed by atoms with Crippen LogP contribution in [0.25, 0.3) is 0 Å². The summed E-state index contributed by atoms with van der Waals surface area (Å²) in [7, 11) is -1.35. The van der Waals surface area contributed by atoms with E-state index in [9.17, 15) is 14.3 Å². The smallest absolute Gasteiger partial charge is 0.451 e. The second kappa shape index (κ2) is 11.6. The van der Waals surface area contributed by atoms with Crippen LogP contribution in [0, 0.1) is 11.7 Å². The van der Waals surface area contributed by atoms with E-state index in [1.807, 2.05) is 12.1 Å². The molecule has 1 saturated heterocycles. The van der Waals surface area contributed by atoms with Gasteiger partial charge in [0.1, 0.15) is 11.4 Å². The zero-order valence-electron chi connectivity index (χ0n) is 17.1. The molecule has 6 nitrogen and oxygen atoms in total. The molecule has 0 spiro atoms. The molecule has 1 aromatic rings. The second-order valence-electron chi connectivity index (χ2n) is 8.43. The van der Waals surface area contributed by atoms with Crippen molar-refractivity contribution in [1.82, 2.24) is 4.90 Å². The lowest BCUT2D eigenvalue weighted by Gasteiger charge is -2.32. The Kier molecular flexibility index (Phi) is 9.56. The molecule has 1 aromatic carbocycles. The fourth-order valence-corrected chi connectivity index (χ4v) is 4.09. The van der Waals surface area contributed by atoms with Gasteiger partial charge in [-0.3, -0.25) is 9.69 Å². The molecule has 0 aromatic heterocycles. The number of aliphatic carboxylic acids is 1. The molecule has 0 aliphatic carbocycles. The standard InChI is InChI=1S/C21H34BFN2O4/c23-19-7-5-18(6-8-19)16-25-14-9-17(10-15-25)4-3-12-21(24,20(26)27)11-1-2-13-22(28)29/h5-8,17,28-29H,1-4,9-16,24H2,(H,26,27). The summed E-state index contributed by atoms with van der Waals surface area (Å²) in [4.78, 5) is 14.0. The first-order valence-electron chi connectivity index (χ1n) is 10.6. The molecule has 0 amide bonds. The van der Waals surface area contributed by atoms with Crippen molar-refractivity contribution < 1.29 is 24.3 Å². The van der Waals surface area contributed by atoms with Crippen molar-refractivity contribution in [2.75, 3.05) is 13.1 Å². The van der Waals surface area contributed by atoms with E-state index in [4.69, 9.17) is 15.8 Å². The number of benzene rings is 1. The number of hydrogen-bond donors (Lipinski definition) is 4. The Morgan fingerprint density at radius 1 is 1.14 bits per heavy atom. The van der Waals surface area contributed by atoms with E-state index < -0.39 is 18.6 Å². The summed E-state index contributed by atoms with van der Waals surface area (Å²) < 4.78 is 13.0. The maximum Gasteiger partial charge on any atom is 0.451 e. The van der Waals surface area contributed by atoms with Crippen molar-refractivity contribution in [2.45, 2.75) is 69.8 Å². The predicted molar refractivity (Wildman–Crippen MR) is 112 cm³/mol. The molecule has 0 radical (unpaired) electrons. The van der Waals surface area contributed by atoms with E-state index >= 15 is 0 Å². The van der Waals surface area contributed by atoms with Crippen molar-refractivity contribution in [2.24, 2.45) is 11.7 Å². The fourth-order valence-electron chi connectivity index (χ4n) is 4.09. The highest BCUT2D eigenvalue weighted by Gasteiger charge is 2.33. The highest BCUT2D eigenvalue weighted by atomic mass is 19.1. The van der Waals surface area contributed by atoms with Crippen LogP contribution in [0.15, 0.2) is 24.3 Å². The highest BCUT2D eigenvalue weighted by Crippen LogP contribution is 2.27. The lowest BCUT2D eigenvalue weighted by atomic mass is 9.80. The van der Waals surface area contributed by atoms with Crippen molar-refractivity contribution in [3.05, 3.63) is 35.6 Å². The number of piperidine rings is 1. The van der Waals surface area contributed by atoms with E-state index in [1.54, 1.807) is 0 Å². The number of hydrogen-bond acceptors (Lipinski definition) is 5. The number of halogens is 1. The molecule has 1 aliphatic heterocycles. The van der Waals surface area contributed by atoms with Crippen molar-refractivity contribution in [3.8, 4) is 0 Å². The molecule has 1 heterocycles. The number of unbranched alkanes of at least 4 members (excludes halogenated alkanes) is 1. The van der Waals surface area contributed by atoms with Crippen LogP contribution in [0.4, 0.5) is 4.39 Å². The minimum atomic E-state index is -1.35. The van der Waals surface area contributed by atoms with Crippen LogP contribution in [-0.4, -0.2) is 51.8 Å². The van der Waals surface area contributed by atoms with Crippen LogP contribution < -0.4 is 5.73 Å². The Balaban J connectivity index is 1.67. The largest absolute Gasteiger partial charge is 0.480 e. The average Bonchev–Trinajstić information content (AvgIpc) is 2.68. The van der Waals surface area contributed by atoms with Gasteiger partial charge in [0.15, 0.2) is 0 Å². The molecule has 8 heteroatoms. The maximum atomic E-state index is 13.0. The molecule has 2 rings (SSSR count). The van der Waals surface area contributed by atoms with Gasteiger partial charge in [-0.25, -0.2) is 4.39 Å². The third-order valence-electron chi connectivity index (χ3n) is 6.02. The summed E-state index contributed by atoms with van der Waals surface area (Å²) >= 11 is 0. The van der Waals surface area contributed by atoms with E-state index in [-0.39, 0.29) is 12.1 Å². The normalized spacial score (nSPS) is 17.8. The topological polar surface area (TPSA) is 107 Å². The SMILES string of the molecule is NC(CCCCB(O)O)(CCCC1CCN(Cc2ccc(F)cc2)CC1)C(=O)O. The van der Waals surface area contributed by atoms with Gasteiger partial charge >= 0.3 is 13.1 Å². The Morgan fingerprint density at radius 3 is 2.34 bits per heavy atom. The van der Waals surface area contributed by atoms with E-state index in [0.29, 0.717) is 31.6 Å². The molecular weight excluding hydrogens is 374 g/mol. The van der Waals surface area contributed by atoms with Gasteiger partial charge in [-0.1, -0.05) is 37.8 Å². The van der Waals surface area contributed by atoms with Gasteiger partial charge in [-0.2, -0.15) is 0 Å². The molecule has 0 bridgehead atoms. The van der Waals surface area contributed by atoms with Crippen LogP contribution in [0.5, 0.6) is 0 Å². The summed E-state index contributed by atoms with van der Waals surface area (Å²) in [5.41, 5.74) is 6.02. The van der Waals surface area contributed by atoms with Crippen LogP contribution in [0.3, 0.4) is 0 Å². The lowest BCUT2D eigenvalue weighted by Crippen LogP contribution is -2.48. The quantitative estimate of drug-likeness (QED) is 0.313. The summed E-state index contributed by atoms with van der Waals surface area (Å²) in [6.45, 7) is 2.83. The zero-order valence-corrected chi connectivity index (χ0v) is 17.1. The Hall–Kier alpha value is -1.48. The second-order valence-corrected chi connectivity index (χ2v) is 8.43. The molecule has 1 atom stereocenters. The van der Waals surface area contributed by atoms with E-state index in [1.165, 1.54) is 12.1 Å². The predicted octanol–water partition coefficient (Wildman–Crippen LogP) is 2.63. The van der Waals surface area contributed by atoms with E-state index in [0.717, 1.165) is 50.9 Å². The lowest BCUT2D eigenvalue weighted by molar-refractivity contribution is -0.144. The minimum absolute atomic E-state index is 0.212. The monoisotopic (exact) mass is 408 g/mol. The maximum absolute atomic E-state index is 13.0. The van der Waals surface area contributed by atoms with Gasteiger partial charge in [0, 0.05) is 6.54 Å². The third kappa shape index (κ3) is 8.42. The summed E-state index contributed by atoms with van der Waals surface area (Å²) in [6.07, 6.45) is 6.09. The number of likely N-dealkylation sites (tertiary alicyclic amines) is 1. The fraction of sp³-hybridized carbons (Fsp3) is 0.667. The number of nitrogens with two attached hydrogens (primary N) is 1. The molecule has 1 unspecified atom stereocenters. The Morgan fingerprint density at radius 2 is 1.76 bits per heavy atom. The van der Waals surface area contributed by atoms with Crippen LogP contribution in [0.1, 0.15) is 56.9 Å². The van der Waals surface area contributed by atoms with Gasteiger partial charge < -0.3 is 20.9 Å². The summed E-state index contributed by atoms with van der Waals surface area (Å²) in [6, 6.07) is 6.65. The van der Waals surface area contributed by atoms with Crippen LogP contribution in [-0.2, 0) is 11.3 Å². The molecule has 29 heavy (non-hydrogen) atoms. The average molecular weight is 408 g/mol. The van der Waals surface area contributed by atoms with Gasteiger partial charge in [-0.05, 0) is 68.7 Å². The number of carbonyl (C=O) groups is 1. The molecule has 0 saturated carbocycles. The Bertz CT molecular complexity index is 624. The van der Waals surface area contributed by atoms with Gasteiger partial charge in [0.25, 0.3) is 0 Å². The van der Waals surface area contributed by atoms with E-state index in [2.05, 4.69) is 4.90 Å². The van der Waals surface area contributed by atoms with Crippen LogP contribution in [0.2, 0.25) is 6.32 Å². The van der Waals surface area contributed by atoms with Crippen molar-refractivity contribution in [3.63, 3.8) is 0 Å². The van der Waals surface area contributed by atoms with Crippen molar-refractivity contribution in [1.29, 1.82) is 0 Å². The number of carboxylic acids is 1. The third-order valence-corrected chi connectivity index (χ3v) is 6.02. The number of carboxylic acid groups (broad SMARTS) is 1. The first kappa shape index (κ1) is 23.8. The number of nitrogens with zero attached hydrogens (tertiary/aromatic N) is 1. The summed E-state index contributed by atoms with van der Waals surface area (Å²) in [5.74, 6) is -0.603.